The van der Waals surface area contributed by atoms with Gasteiger partial charge in [-0.05, 0) is 56.7 Å². The van der Waals surface area contributed by atoms with Gasteiger partial charge in [-0.15, -0.1) is 12.4 Å². The van der Waals surface area contributed by atoms with E-state index in [0.717, 1.165) is 69.5 Å². The Morgan fingerprint density at radius 1 is 0.818 bits per heavy atom. The monoisotopic (exact) mass is 489 g/mol. The van der Waals surface area contributed by atoms with Crippen molar-refractivity contribution in [3.8, 4) is 5.75 Å². The number of unbranched alkanes of at least 4 members (excludes halogenated alkanes) is 5. The molecule has 7 nitrogen and oxygen atoms in total. The molecule has 0 aliphatic heterocycles. The third-order valence-corrected chi connectivity index (χ3v) is 4.98. The van der Waals surface area contributed by atoms with Crippen LogP contribution in [-0.4, -0.2) is 59.3 Å². The smallest absolute Gasteiger partial charge is 0.305 e. The zero-order valence-corrected chi connectivity index (χ0v) is 21.2. The number of carbonyl (C=O) groups is 1. The highest BCUT2D eigenvalue weighted by Crippen LogP contribution is 2.18. The van der Waals surface area contributed by atoms with E-state index in [1.165, 1.54) is 7.11 Å². The summed E-state index contributed by atoms with van der Waals surface area (Å²) in [6.07, 6.45) is 7.62. The number of methoxy groups -OCH3 is 1. The largest absolute Gasteiger partial charge is 0.494 e. The lowest BCUT2D eigenvalue weighted by Crippen LogP contribution is -2.10. The summed E-state index contributed by atoms with van der Waals surface area (Å²) in [7, 11) is 1.42. The Labute approximate surface area is 206 Å². The molecular formula is C25H44ClNO6. The summed E-state index contributed by atoms with van der Waals surface area (Å²) >= 11 is 0. The molecule has 1 rings (SSSR count). The topological polar surface area (TPSA) is 89.2 Å². The van der Waals surface area contributed by atoms with Crippen molar-refractivity contribution >= 4 is 18.4 Å². The number of hydrogen-bond donors (Lipinski definition) is 1. The van der Waals surface area contributed by atoms with Crippen LogP contribution in [0.5, 0.6) is 5.75 Å². The van der Waals surface area contributed by atoms with E-state index in [0.29, 0.717) is 39.5 Å². The maximum absolute atomic E-state index is 11.0. The van der Waals surface area contributed by atoms with Crippen LogP contribution >= 0.6 is 12.4 Å². The fourth-order valence-corrected chi connectivity index (χ4v) is 3.03. The predicted octanol–water partition coefficient (Wildman–Crippen LogP) is 4.85. The molecule has 0 aliphatic rings. The van der Waals surface area contributed by atoms with Crippen molar-refractivity contribution in [2.45, 2.75) is 64.3 Å². The van der Waals surface area contributed by atoms with Gasteiger partial charge < -0.3 is 29.4 Å². The second kappa shape index (κ2) is 22.4. The molecule has 0 unspecified atom stereocenters. The van der Waals surface area contributed by atoms with E-state index in [1.54, 1.807) is 0 Å². The fourth-order valence-electron chi connectivity index (χ4n) is 3.03. The Bertz CT molecular complexity index is 588. The molecule has 1 atom stereocenters. The van der Waals surface area contributed by atoms with Crippen LogP contribution in [0.25, 0.3) is 0 Å². The second-order valence-electron chi connectivity index (χ2n) is 7.85. The van der Waals surface area contributed by atoms with E-state index < -0.39 is 0 Å². The molecule has 2 N–H and O–H groups in total. The first-order valence-electron chi connectivity index (χ1n) is 11.9. The number of benzene rings is 1. The van der Waals surface area contributed by atoms with Crippen molar-refractivity contribution in [2.75, 3.05) is 53.4 Å². The Kier molecular flexibility index (Phi) is 21.5. The SMILES string of the molecule is COC(=O)CCCCCOCCOCCOCCCCCCOc1cccc([C@@H](C)N)c1.Cl. The molecule has 0 bridgehead atoms. The first-order chi connectivity index (χ1) is 15.6. The lowest BCUT2D eigenvalue weighted by molar-refractivity contribution is -0.140. The number of hydrogen-bond acceptors (Lipinski definition) is 7. The molecule has 1 aromatic carbocycles. The predicted molar refractivity (Wildman–Crippen MR) is 133 cm³/mol. The highest BCUT2D eigenvalue weighted by molar-refractivity contribution is 5.85. The minimum atomic E-state index is -0.147. The van der Waals surface area contributed by atoms with Crippen molar-refractivity contribution in [1.29, 1.82) is 0 Å². The summed E-state index contributed by atoms with van der Waals surface area (Å²) in [6.45, 7) is 6.56. The van der Waals surface area contributed by atoms with Gasteiger partial charge in [0, 0.05) is 25.7 Å². The molecular weight excluding hydrogens is 446 g/mol. The normalized spacial score (nSPS) is 11.6. The van der Waals surface area contributed by atoms with Crippen LogP contribution in [0.1, 0.15) is 69.9 Å². The average molecular weight is 490 g/mol. The van der Waals surface area contributed by atoms with E-state index in [4.69, 9.17) is 24.7 Å². The second-order valence-corrected chi connectivity index (χ2v) is 7.85. The van der Waals surface area contributed by atoms with Crippen LogP contribution in [0, 0.1) is 0 Å². The molecule has 8 heteroatoms. The number of esters is 1. The fraction of sp³-hybridized carbons (Fsp3) is 0.720. The number of ether oxygens (including phenoxy) is 5. The number of rotatable bonds is 21. The van der Waals surface area contributed by atoms with Crippen LogP contribution in [0.3, 0.4) is 0 Å². The molecule has 192 valence electrons. The van der Waals surface area contributed by atoms with Crippen molar-refractivity contribution in [3.05, 3.63) is 29.8 Å². The molecule has 1 aromatic rings. The third kappa shape index (κ3) is 18.7. The number of carbonyl (C=O) groups excluding carboxylic acids is 1. The van der Waals surface area contributed by atoms with Crippen LogP contribution in [0.4, 0.5) is 0 Å². The Balaban J connectivity index is 0.0000102. The number of halogens is 1. The van der Waals surface area contributed by atoms with Gasteiger partial charge in [-0.2, -0.15) is 0 Å². The highest BCUT2D eigenvalue weighted by atomic mass is 35.5. The summed E-state index contributed by atoms with van der Waals surface area (Å²) in [5.41, 5.74) is 7.00. The van der Waals surface area contributed by atoms with Crippen LogP contribution in [0.15, 0.2) is 24.3 Å². The zero-order valence-electron chi connectivity index (χ0n) is 20.4. The van der Waals surface area contributed by atoms with Gasteiger partial charge >= 0.3 is 5.97 Å². The standard InChI is InChI=1S/C25H43NO6.ClH/c1-22(26)23-11-10-12-24(21-23)32-16-9-4-3-7-14-29-17-19-31-20-18-30-15-8-5-6-13-25(27)28-2;/h10-12,21-22H,3-9,13-20,26H2,1-2H3;1H/t22-;/m1./s1. The minimum Gasteiger partial charge on any atom is -0.494 e. The highest BCUT2D eigenvalue weighted by Gasteiger charge is 2.01. The van der Waals surface area contributed by atoms with Crippen molar-refractivity contribution in [2.24, 2.45) is 5.73 Å². The first kappa shape index (κ1) is 31.6. The third-order valence-electron chi connectivity index (χ3n) is 4.98. The van der Waals surface area contributed by atoms with Crippen LogP contribution < -0.4 is 10.5 Å². The molecule has 0 heterocycles. The van der Waals surface area contributed by atoms with Crippen LogP contribution in [-0.2, 0) is 23.7 Å². The number of nitrogens with two attached hydrogens (primary N) is 1. The van der Waals surface area contributed by atoms with Gasteiger partial charge in [0.1, 0.15) is 5.75 Å². The van der Waals surface area contributed by atoms with E-state index in [9.17, 15) is 4.79 Å². The minimum absolute atomic E-state index is 0. The first-order valence-corrected chi connectivity index (χ1v) is 11.9. The summed E-state index contributed by atoms with van der Waals surface area (Å²) in [5, 5.41) is 0. The van der Waals surface area contributed by atoms with Crippen molar-refractivity contribution in [1.82, 2.24) is 0 Å². The molecule has 0 spiro atoms. The lowest BCUT2D eigenvalue weighted by atomic mass is 10.1. The van der Waals surface area contributed by atoms with Gasteiger partial charge in [0.25, 0.3) is 0 Å². The summed E-state index contributed by atoms with van der Waals surface area (Å²) in [4.78, 5) is 11.0. The van der Waals surface area contributed by atoms with Gasteiger partial charge in [0.05, 0.1) is 40.1 Å². The van der Waals surface area contributed by atoms with Gasteiger partial charge in [0.15, 0.2) is 0 Å². The van der Waals surface area contributed by atoms with Gasteiger partial charge in [-0.25, -0.2) is 0 Å². The van der Waals surface area contributed by atoms with Crippen molar-refractivity contribution in [3.63, 3.8) is 0 Å². The quantitative estimate of drug-likeness (QED) is 0.195. The molecule has 0 fully saturated rings. The van der Waals surface area contributed by atoms with Gasteiger partial charge in [-0.3, -0.25) is 4.79 Å². The van der Waals surface area contributed by atoms with E-state index in [1.807, 2.05) is 31.2 Å². The molecule has 0 saturated heterocycles. The Morgan fingerprint density at radius 3 is 1.94 bits per heavy atom. The summed E-state index contributed by atoms with van der Waals surface area (Å²) in [5.74, 6) is 0.746. The maximum atomic E-state index is 11.0. The Hall–Kier alpha value is -1.38. The zero-order chi connectivity index (χ0) is 23.3. The van der Waals surface area contributed by atoms with E-state index in [-0.39, 0.29) is 24.4 Å². The molecule has 0 aromatic heterocycles. The lowest BCUT2D eigenvalue weighted by Gasteiger charge is -2.10. The van der Waals surface area contributed by atoms with Crippen LogP contribution in [0.2, 0.25) is 0 Å². The van der Waals surface area contributed by atoms with E-state index in [2.05, 4.69) is 4.74 Å². The van der Waals surface area contributed by atoms with E-state index >= 15 is 0 Å². The maximum Gasteiger partial charge on any atom is 0.305 e. The van der Waals surface area contributed by atoms with Gasteiger partial charge in [-0.1, -0.05) is 25.0 Å². The molecule has 0 saturated carbocycles. The van der Waals surface area contributed by atoms with Crippen molar-refractivity contribution < 1.29 is 28.5 Å². The molecule has 33 heavy (non-hydrogen) atoms. The molecule has 0 amide bonds. The summed E-state index contributed by atoms with van der Waals surface area (Å²) < 4.78 is 27.0. The summed E-state index contributed by atoms with van der Waals surface area (Å²) in [6, 6.07) is 8.03. The average Bonchev–Trinajstić information content (AvgIpc) is 2.80. The Morgan fingerprint density at radius 2 is 1.36 bits per heavy atom. The van der Waals surface area contributed by atoms with Gasteiger partial charge in [0.2, 0.25) is 0 Å². The molecule has 0 radical (unpaired) electrons. The molecule has 0 aliphatic carbocycles.